The van der Waals surface area contributed by atoms with Gasteiger partial charge in [-0.3, -0.25) is 9.59 Å². The van der Waals surface area contributed by atoms with E-state index in [0.717, 1.165) is 23.1 Å². The van der Waals surface area contributed by atoms with E-state index in [1.54, 1.807) is 31.2 Å². The SMILES string of the molecule is Cc1c(C)c2cc(Cl)c(OCC(=O)N3CC4CC(C3)c3cccc(=O)n3C4)cc2oc1=O. The topological polar surface area (TPSA) is 81.8 Å². The van der Waals surface area contributed by atoms with Crippen LogP contribution in [-0.2, 0) is 11.3 Å². The molecule has 2 unspecified atom stereocenters. The van der Waals surface area contributed by atoms with Gasteiger partial charge in [0.25, 0.3) is 11.5 Å². The van der Waals surface area contributed by atoms with E-state index in [1.165, 1.54) is 0 Å². The highest BCUT2D eigenvalue weighted by Gasteiger charge is 2.36. The van der Waals surface area contributed by atoms with E-state index in [1.807, 2.05) is 22.5 Å². The predicted octanol–water partition coefficient (Wildman–Crippen LogP) is 3.25. The number of benzene rings is 1. The van der Waals surface area contributed by atoms with E-state index in [9.17, 15) is 14.4 Å². The number of fused-ring (bicyclic) bond motifs is 5. The van der Waals surface area contributed by atoms with E-state index >= 15 is 0 Å². The maximum atomic E-state index is 12.9. The van der Waals surface area contributed by atoms with Gasteiger partial charge in [-0.1, -0.05) is 17.7 Å². The first-order chi connectivity index (χ1) is 15.3. The van der Waals surface area contributed by atoms with Crippen LogP contribution < -0.4 is 15.9 Å². The van der Waals surface area contributed by atoms with Crippen molar-refractivity contribution in [2.45, 2.75) is 32.7 Å². The first-order valence-corrected chi connectivity index (χ1v) is 11.0. The molecular weight excluding hydrogens is 432 g/mol. The molecule has 5 rings (SSSR count). The van der Waals surface area contributed by atoms with Crippen molar-refractivity contribution in [3.63, 3.8) is 0 Å². The summed E-state index contributed by atoms with van der Waals surface area (Å²) in [6, 6.07) is 8.59. The molecule has 2 aromatic heterocycles. The summed E-state index contributed by atoms with van der Waals surface area (Å²) < 4.78 is 12.9. The molecule has 8 heteroatoms. The smallest absolute Gasteiger partial charge is 0.339 e. The van der Waals surface area contributed by atoms with Crippen LogP contribution in [0.2, 0.25) is 5.02 Å². The predicted molar refractivity (Wildman–Crippen MR) is 121 cm³/mol. The zero-order valence-corrected chi connectivity index (χ0v) is 18.6. The van der Waals surface area contributed by atoms with Gasteiger partial charge in [-0.25, -0.2) is 4.79 Å². The molecule has 4 heterocycles. The lowest BCUT2D eigenvalue weighted by atomic mass is 9.83. The number of aromatic nitrogens is 1. The second-order valence-electron chi connectivity index (χ2n) is 8.70. The Bertz CT molecular complexity index is 1360. The van der Waals surface area contributed by atoms with Crippen LogP contribution in [0.15, 0.2) is 44.3 Å². The van der Waals surface area contributed by atoms with Crippen LogP contribution >= 0.6 is 11.6 Å². The zero-order chi connectivity index (χ0) is 22.6. The zero-order valence-electron chi connectivity index (χ0n) is 17.9. The van der Waals surface area contributed by atoms with Crippen molar-refractivity contribution in [2.24, 2.45) is 5.92 Å². The average Bonchev–Trinajstić information content (AvgIpc) is 2.77. The summed E-state index contributed by atoms with van der Waals surface area (Å²) in [5.41, 5.74) is 2.32. The minimum atomic E-state index is -0.404. The highest BCUT2D eigenvalue weighted by molar-refractivity contribution is 6.32. The molecular formula is C24H23ClN2O5. The molecule has 0 spiro atoms. The Morgan fingerprint density at radius 3 is 2.78 bits per heavy atom. The van der Waals surface area contributed by atoms with Crippen molar-refractivity contribution >= 4 is 28.5 Å². The second kappa shape index (κ2) is 7.81. The van der Waals surface area contributed by atoms with Crippen LogP contribution in [0.3, 0.4) is 0 Å². The van der Waals surface area contributed by atoms with Gasteiger partial charge in [-0.05, 0) is 43.9 Å². The molecule has 1 amide bonds. The van der Waals surface area contributed by atoms with Crippen LogP contribution in [0.1, 0.15) is 29.2 Å². The monoisotopic (exact) mass is 454 g/mol. The third kappa shape index (κ3) is 3.50. The van der Waals surface area contributed by atoms with Crippen molar-refractivity contribution in [2.75, 3.05) is 19.7 Å². The quantitative estimate of drug-likeness (QED) is 0.567. The van der Waals surface area contributed by atoms with E-state index in [4.69, 9.17) is 20.8 Å². The Labute approximate surface area is 189 Å². The van der Waals surface area contributed by atoms with Gasteiger partial charge in [0.15, 0.2) is 6.61 Å². The fraction of sp³-hybridized carbons (Fsp3) is 0.375. The lowest BCUT2D eigenvalue weighted by Crippen LogP contribution is -2.50. The van der Waals surface area contributed by atoms with Gasteiger partial charge in [0.05, 0.1) is 5.02 Å². The third-order valence-corrected chi connectivity index (χ3v) is 6.99. The van der Waals surface area contributed by atoms with E-state index in [-0.39, 0.29) is 29.9 Å². The Hall–Kier alpha value is -3.06. The summed E-state index contributed by atoms with van der Waals surface area (Å²) >= 11 is 6.38. The lowest BCUT2D eigenvalue weighted by Gasteiger charge is -2.42. The van der Waals surface area contributed by atoms with Crippen molar-refractivity contribution < 1.29 is 13.9 Å². The Balaban J connectivity index is 1.33. The molecule has 166 valence electrons. The van der Waals surface area contributed by atoms with Crippen LogP contribution in [0.5, 0.6) is 5.75 Å². The van der Waals surface area contributed by atoms with Gasteiger partial charge in [0.1, 0.15) is 11.3 Å². The van der Waals surface area contributed by atoms with Crippen molar-refractivity contribution in [3.05, 3.63) is 72.9 Å². The number of nitrogens with zero attached hydrogens (tertiary/aromatic N) is 2. The fourth-order valence-electron chi connectivity index (χ4n) is 4.89. The number of carbonyl (C=O) groups excluding carboxylic acids is 1. The van der Waals surface area contributed by atoms with Crippen molar-refractivity contribution in [1.82, 2.24) is 9.47 Å². The van der Waals surface area contributed by atoms with Gasteiger partial charge in [0, 0.05) is 54.3 Å². The number of carbonyl (C=O) groups is 1. The molecule has 32 heavy (non-hydrogen) atoms. The number of halogens is 1. The number of likely N-dealkylation sites (tertiary alicyclic amines) is 1. The van der Waals surface area contributed by atoms with E-state index < -0.39 is 5.63 Å². The maximum Gasteiger partial charge on any atom is 0.339 e. The Morgan fingerprint density at radius 1 is 1.16 bits per heavy atom. The first kappa shape index (κ1) is 20.8. The number of piperidine rings is 1. The number of pyridine rings is 1. The van der Waals surface area contributed by atoms with E-state index in [0.29, 0.717) is 41.6 Å². The third-order valence-electron chi connectivity index (χ3n) is 6.69. The molecule has 0 radical (unpaired) electrons. The number of aryl methyl sites for hydroxylation is 1. The average molecular weight is 455 g/mol. The van der Waals surface area contributed by atoms with Crippen LogP contribution in [-0.4, -0.2) is 35.1 Å². The van der Waals surface area contributed by atoms with Crippen molar-refractivity contribution in [3.8, 4) is 5.75 Å². The summed E-state index contributed by atoms with van der Waals surface area (Å²) in [7, 11) is 0. The first-order valence-electron chi connectivity index (χ1n) is 10.7. The highest BCUT2D eigenvalue weighted by Crippen LogP contribution is 2.35. The molecule has 2 bridgehead atoms. The molecule has 0 N–H and O–H groups in total. The Kier molecular flexibility index (Phi) is 5.08. The molecule has 2 aliphatic heterocycles. The number of rotatable bonds is 3. The normalized spacial score (nSPS) is 19.7. The summed E-state index contributed by atoms with van der Waals surface area (Å²) in [6.07, 6.45) is 0.975. The number of amides is 1. The maximum absolute atomic E-state index is 12.9. The summed E-state index contributed by atoms with van der Waals surface area (Å²) in [5.74, 6) is 0.553. The molecule has 2 aliphatic rings. The van der Waals surface area contributed by atoms with E-state index in [2.05, 4.69) is 0 Å². The fourth-order valence-corrected chi connectivity index (χ4v) is 5.10. The largest absolute Gasteiger partial charge is 0.482 e. The molecule has 1 aromatic carbocycles. The molecule has 0 saturated carbocycles. The van der Waals surface area contributed by atoms with Crippen molar-refractivity contribution in [1.29, 1.82) is 0 Å². The molecule has 1 saturated heterocycles. The number of hydrogen-bond donors (Lipinski definition) is 0. The minimum absolute atomic E-state index is 0.0170. The van der Waals surface area contributed by atoms with Gasteiger partial charge >= 0.3 is 5.63 Å². The molecule has 7 nitrogen and oxygen atoms in total. The van der Waals surface area contributed by atoms with Crippen LogP contribution in [0, 0.1) is 19.8 Å². The summed E-state index contributed by atoms with van der Waals surface area (Å²) in [5, 5.41) is 1.09. The molecule has 0 aliphatic carbocycles. The highest BCUT2D eigenvalue weighted by atomic mass is 35.5. The molecule has 2 atom stereocenters. The number of hydrogen-bond acceptors (Lipinski definition) is 5. The minimum Gasteiger partial charge on any atom is -0.482 e. The van der Waals surface area contributed by atoms with Gasteiger partial charge in [0.2, 0.25) is 0 Å². The second-order valence-corrected chi connectivity index (χ2v) is 9.11. The summed E-state index contributed by atoms with van der Waals surface area (Å²) in [4.78, 5) is 38.9. The van der Waals surface area contributed by atoms with Gasteiger partial charge in [-0.15, -0.1) is 0 Å². The Morgan fingerprint density at radius 2 is 1.97 bits per heavy atom. The van der Waals surface area contributed by atoms with Crippen LogP contribution in [0.25, 0.3) is 11.0 Å². The lowest BCUT2D eigenvalue weighted by molar-refractivity contribution is -0.136. The van der Waals surface area contributed by atoms with Crippen LogP contribution in [0.4, 0.5) is 0 Å². The van der Waals surface area contributed by atoms with Gasteiger partial charge < -0.3 is 18.6 Å². The molecule has 3 aromatic rings. The standard InChI is InChI=1S/C24H23ClN2O5/c1-13-14(2)24(30)32-20-8-21(18(25)7-17(13)20)31-12-23(29)26-9-15-6-16(11-26)19-4-3-5-22(28)27(19)10-15/h3-5,7-8,15-16H,6,9-12H2,1-2H3. The summed E-state index contributed by atoms with van der Waals surface area (Å²) in [6.45, 7) is 5.17. The molecule has 1 fully saturated rings. The number of ether oxygens (including phenoxy) is 1. The van der Waals surface area contributed by atoms with Gasteiger partial charge in [-0.2, -0.15) is 0 Å².